The molecule has 0 saturated heterocycles. The Hall–Kier alpha value is -9.50. The summed E-state index contributed by atoms with van der Waals surface area (Å²) in [6.45, 7) is 0. The number of hydrogen-bond donors (Lipinski definition) is 0. The van der Waals surface area contributed by atoms with Crippen LogP contribution in [0, 0.1) is 0 Å². The molecule has 0 fully saturated rings. The molecular formula is C71H47NO. The Labute approximate surface area is 425 Å². The summed E-state index contributed by atoms with van der Waals surface area (Å²) in [7, 11) is 0. The van der Waals surface area contributed by atoms with Gasteiger partial charge >= 0.3 is 0 Å². The second kappa shape index (κ2) is 17.4. The van der Waals surface area contributed by atoms with E-state index >= 15 is 0 Å². The van der Waals surface area contributed by atoms with Gasteiger partial charge in [0.25, 0.3) is 0 Å². The molecule has 0 N–H and O–H groups in total. The van der Waals surface area contributed by atoms with Crippen molar-refractivity contribution < 1.29 is 4.42 Å². The third-order valence-electron chi connectivity index (χ3n) is 15.2. The molecule has 1 aliphatic rings. The summed E-state index contributed by atoms with van der Waals surface area (Å²) in [5.41, 5.74) is 21.1. The highest BCUT2D eigenvalue weighted by atomic mass is 16.3. The van der Waals surface area contributed by atoms with Crippen LogP contribution in [0.4, 0.5) is 17.1 Å². The van der Waals surface area contributed by atoms with Gasteiger partial charge in [-0.2, -0.15) is 0 Å². The molecule has 1 aliphatic carbocycles. The van der Waals surface area contributed by atoms with Crippen LogP contribution in [0.5, 0.6) is 0 Å². The van der Waals surface area contributed by atoms with Gasteiger partial charge in [0.15, 0.2) is 0 Å². The van der Waals surface area contributed by atoms with E-state index in [0.717, 1.165) is 66.8 Å². The lowest BCUT2D eigenvalue weighted by molar-refractivity contribution is 0.670. The standard InChI is InChI=1S/C71H47NO/c1-4-22-48(23-5-1)56-36-19-24-49-25-20-38-62(69(49)56)60-34-12-16-42-67(60)72(54-31-18-26-50(46-54)57-37-21-39-63-61-35-13-17-43-68(61)73-70(57)63)66-41-15-11-32-55(66)51-44-45-59-58-33-10-14-40-64(58)71(65(59)47-51,52-27-6-2-7-28-52)53-29-8-3-9-30-53/h1-47H. The van der Waals surface area contributed by atoms with E-state index < -0.39 is 5.41 Å². The number of nitrogens with zero attached hydrogens (tertiary/aromatic N) is 1. The zero-order valence-corrected chi connectivity index (χ0v) is 40.0. The highest BCUT2D eigenvalue weighted by molar-refractivity contribution is 6.11. The molecule has 1 heterocycles. The molecule has 0 atom stereocenters. The van der Waals surface area contributed by atoms with Crippen molar-refractivity contribution in [3.63, 3.8) is 0 Å². The van der Waals surface area contributed by atoms with Crippen molar-refractivity contribution in [1.29, 1.82) is 0 Å². The van der Waals surface area contributed by atoms with Crippen LogP contribution in [0.3, 0.4) is 0 Å². The Morgan fingerprint density at radius 2 is 0.822 bits per heavy atom. The first-order chi connectivity index (χ1) is 36.2. The Kier molecular flexibility index (Phi) is 10.1. The molecule has 342 valence electrons. The molecule has 0 radical (unpaired) electrons. The first-order valence-electron chi connectivity index (χ1n) is 25.2. The van der Waals surface area contributed by atoms with E-state index in [4.69, 9.17) is 4.42 Å². The average Bonchev–Trinajstić information content (AvgIpc) is 4.05. The minimum absolute atomic E-state index is 0.539. The van der Waals surface area contributed by atoms with Crippen molar-refractivity contribution in [3.05, 3.63) is 307 Å². The normalized spacial score (nSPS) is 12.5. The van der Waals surface area contributed by atoms with Crippen LogP contribution in [0.25, 0.3) is 88.3 Å². The predicted molar refractivity (Wildman–Crippen MR) is 305 cm³/mol. The van der Waals surface area contributed by atoms with E-state index in [1.807, 2.05) is 6.07 Å². The summed E-state index contributed by atoms with van der Waals surface area (Å²) < 4.78 is 6.68. The van der Waals surface area contributed by atoms with Gasteiger partial charge in [0, 0.05) is 33.2 Å². The lowest BCUT2D eigenvalue weighted by atomic mass is 9.67. The summed E-state index contributed by atoms with van der Waals surface area (Å²) in [5.74, 6) is 0. The lowest BCUT2D eigenvalue weighted by Gasteiger charge is -2.34. The van der Waals surface area contributed by atoms with Gasteiger partial charge in [-0.25, -0.2) is 0 Å². The van der Waals surface area contributed by atoms with Gasteiger partial charge in [-0.05, 0) is 108 Å². The van der Waals surface area contributed by atoms with Crippen LogP contribution < -0.4 is 4.90 Å². The maximum absolute atomic E-state index is 6.68. The van der Waals surface area contributed by atoms with Gasteiger partial charge in [-0.15, -0.1) is 0 Å². The first-order valence-corrected chi connectivity index (χ1v) is 25.2. The summed E-state index contributed by atoms with van der Waals surface area (Å²) in [4.78, 5) is 2.49. The zero-order valence-electron chi connectivity index (χ0n) is 40.0. The van der Waals surface area contributed by atoms with Gasteiger partial charge in [0.05, 0.1) is 16.8 Å². The van der Waals surface area contributed by atoms with Gasteiger partial charge in [-0.3, -0.25) is 0 Å². The average molecular weight is 930 g/mol. The highest BCUT2D eigenvalue weighted by Gasteiger charge is 2.46. The number of hydrogen-bond acceptors (Lipinski definition) is 2. The van der Waals surface area contributed by atoms with Crippen LogP contribution in [0.15, 0.2) is 290 Å². The lowest BCUT2D eigenvalue weighted by Crippen LogP contribution is -2.28. The summed E-state index contributed by atoms with van der Waals surface area (Å²) in [6.07, 6.45) is 0. The number of furan rings is 1. The van der Waals surface area contributed by atoms with Crippen LogP contribution in [-0.2, 0) is 5.41 Å². The Balaban J connectivity index is 1.02. The monoisotopic (exact) mass is 929 g/mol. The molecule has 2 nitrogen and oxygen atoms in total. The van der Waals surface area contributed by atoms with Crippen LogP contribution in [0.2, 0.25) is 0 Å². The fourth-order valence-corrected chi connectivity index (χ4v) is 12.0. The van der Waals surface area contributed by atoms with Crippen LogP contribution in [0.1, 0.15) is 22.3 Å². The molecule has 0 saturated carbocycles. The van der Waals surface area contributed by atoms with Crippen molar-refractivity contribution in [2.75, 3.05) is 4.90 Å². The van der Waals surface area contributed by atoms with Crippen molar-refractivity contribution in [3.8, 4) is 55.6 Å². The molecule has 0 amide bonds. The van der Waals surface area contributed by atoms with Gasteiger partial charge in [0.1, 0.15) is 11.2 Å². The molecule has 0 unspecified atom stereocenters. The second-order valence-corrected chi connectivity index (χ2v) is 19.1. The second-order valence-electron chi connectivity index (χ2n) is 19.1. The van der Waals surface area contributed by atoms with Crippen molar-refractivity contribution in [2.45, 2.75) is 5.41 Å². The largest absolute Gasteiger partial charge is 0.455 e. The van der Waals surface area contributed by atoms with Crippen molar-refractivity contribution >= 4 is 49.8 Å². The van der Waals surface area contributed by atoms with E-state index in [1.165, 1.54) is 60.8 Å². The summed E-state index contributed by atoms with van der Waals surface area (Å²) in [6, 6.07) is 104. The molecule has 14 rings (SSSR count). The maximum Gasteiger partial charge on any atom is 0.143 e. The minimum Gasteiger partial charge on any atom is -0.455 e. The highest BCUT2D eigenvalue weighted by Crippen LogP contribution is 2.57. The molecule has 12 aromatic carbocycles. The Morgan fingerprint density at radius 1 is 0.301 bits per heavy atom. The number of rotatable bonds is 9. The summed E-state index contributed by atoms with van der Waals surface area (Å²) >= 11 is 0. The Morgan fingerprint density at radius 3 is 1.59 bits per heavy atom. The molecule has 13 aromatic rings. The third-order valence-corrected chi connectivity index (χ3v) is 15.2. The SMILES string of the molecule is c1ccc(-c2cccc3cccc(-c4ccccc4N(c4cccc(-c5cccc6c5oc5ccccc56)c4)c4ccccc4-c4ccc5c(c4)C(c4ccccc4)(c4ccccc4)c4ccccc4-5)c23)cc1. The fourth-order valence-electron chi connectivity index (χ4n) is 12.0. The molecule has 0 aliphatic heterocycles. The molecule has 0 spiro atoms. The molecule has 0 bridgehead atoms. The molecular weight excluding hydrogens is 883 g/mol. The van der Waals surface area contributed by atoms with E-state index in [9.17, 15) is 0 Å². The fraction of sp³-hybridized carbons (Fsp3) is 0.0141. The summed E-state index contributed by atoms with van der Waals surface area (Å²) in [5, 5.41) is 4.64. The topological polar surface area (TPSA) is 16.4 Å². The Bertz CT molecular complexity index is 4160. The van der Waals surface area contributed by atoms with E-state index in [2.05, 4.69) is 284 Å². The number of para-hydroxylation sites is 4. The number of anilines is 3. The van der Waals surface area contributed by atoms with E-state index in [-0.39, 0.29) is 0 Å². The maximum atomic E-state index is 6.68. The van der Waals surface area contributed by atoms with E-state index in [1.54, 1.807) is 0 Å². The van der Waals surface area contributed by atoms with E-state index in [0.29, 0.717) is 0 Å². The van der Waals surface area contributed by atoms with Gasteiger partial charge in [-0.1, -0.05) is 249 Å². The van der Waals surface area contributed by atoms with Crippen molar-refractivity contribution in [2.24, 2.45) is 0 Å². The molecule has 2 heteroatoms. The van der Waals surface area contributed by atoms with Gasteiger partial charge in [0.2, 0.25) is 0 Å². The third kappa shape index (κ3) is 6.79. The van der Waals surface area contributed by atoms with Crippen LogP contribution in [-0.4, -0.2) is 0 Å². The first kappa shape index (κ1) is 42.4. The smallest absolute Gasteiger partial charge is 0.143 e. The minimum atomic E-state index is -0.539. The molecule has 73 heavy (non-hydrogen) atoms. The van der Waals surface area contributed by atoms with Crippen molar-refractivity contribution in [1.82, 2.24) is 0 Å². The van der Waals surface area contributed by atoms with Gasteiger partial charge < -0.3 is 9.32 Å². The zero-order chi connectivity index (χ0) is 48.3. The number of benzene rings is 12. The molecule has 1 aromatic heterocycles. The number of fused-ring (bicyclic) bond motifs is 7. The quantitative estimate of drug-likeness (QED) is 0.143. The van der Waals surface area contributed by atoms with Crippen LogP contribution >= 0.6 is 0 Å². The predicted octanol–water partition coefficient (Wildman–Crippen LogP) is 19.2.